The predicted molar refractivity (Wildman–Crippen MR) is 107 cm³/mol. The van der Waals surface area contributed by atoms with Crippen LogP contribution in [0.15, 0.2) is 59.6 Å². The van der Waals surface area contributed by atoms with Gasteiger partial charge in [-0.15, -0.1) is 23.1 Å². The SMILES string of the molecule is O=C(CSc1ccc(Cl)cc1)Nc1ncc(Cc2ccccc2Cl)s1. The summed E-state index contributed by atoms with van der Waals surface area (Å²) in [5.74, 6) is 0.236. The first-order chi connectivity index (χ1) is 12.1. The van der Waals surface area contributed by atoms with Crippen molar-refractivity contribution in [1.29, 1.82) is 0 Å². The molecule has 0 aliphatic heterocycles. The van der Waals surface area contributed by atoms with E-state index >= 15 is 0 Å². The van der Waals surface area contributed by atoms with Crippen LogP contribution in [0.3, 0.4) is 0 Å². The number of nitrogens with one attached hydrogen (secondary N) is 1. The molecule has 1 heterocycles. The van der Waals surface area contributed by atoms with Crippen LogP contribution in [0.1, 0.15) is 10.4 Å². The van der Waals surface area contributed by atoms with Gasteiger partial charge in [0.1, 0.15) is 0 Å². The third-order valence-electron chi connectivity index (χ3n) is 3.31. The molecule has 0 atom stereocenters. The van der Waals surface area contributed by atoms with E-state index in [1.807, 2.05) is 48.5 Å². The van der Waals surface area contributed by atoms with Crippen molar-refractivity contribution >= 4 is 57.3 Å². The summed E-state index contributed by atoms with van der Waals surface area (Å²) in [6.07, 6.45) is 2.47. The van der Waals surface area contributed by atoms with Crippen LogP contribution < -0.4 is 5.32 Å². The fraction of sp³-hybridized carbons (Fsp3) is 0.111. The Morgan fingerprint density at radius 1 is 1.12 bits per heavy atom. The van der Waals surface area contributed by atoms with Crippen molar-refractivity contribution < 1.29 is 4.79 Å². The molecule has 0 unspecified atom stereocenters. The highest BCUT2D eigenvalue weighted by atomic mass is 35.5. The summed E-state index contributed by atoms with van der Waals surface area (Å²) in [6, 6.07) is 15.1. The van der Waals surface area contributed by atoms with E-state index in [1.54, 1.807) is 6.20 Å². The first-order valence-corrected chi connectivity index (χ1v) is 10.0. The van der Waals surface area contributed by atoms with Crippen molar-refractivity contribution in [2.75, 3.05) is 11.1 Å². The first-order valence-electron chi connectivity index (χ1n) is 7.46. The molecule has 3 nitrogen and oxygen atoms in total. The van der Waals surface area contributed by atoms with Gasteiger partial charge < -0.3 is 5.32 Å². The van der Waals surface area contributed by atoms with Gasteiger partial charge in [-0.2, -0.15) is 0 Å². The number of thiazole rings is 1. The average molecular weight is 409 g/mol. The fourth-order valence-corrected chi connectivity index (χ4v) is 3.99. The molecule has 0 bridgehead atoms. The zero-order valence-electron chi connectivity index (χ0n) is 13.0. The molecule has 0 fully saturated rings. The van der Waals surface area contributed by atoms with Crippen LogP contribution in [0.4, 0.5) is 5.13 Å². The van der Waals surface area contributed by atoms with Gasteiger partial charge in [-0.1, -0.05) is 41.4 Å². The van der Waals surface area contributed by atoms with Crippen molar-refractivity contribution in [1.82, 2.24) is 4.98 Å². The van der Waals surface area contributed by atoms with Crippen LogP contribution in [-0.4, -0.2) is 16.6 Å². The third kappa shape index (κ3) is 5.47. The number of nitrogens with zero attached hydrogens (tertiary/aromatic N) is 1. The van der Waals surface area contributed by atoms with E-state index in [4.69, 9.17) is 23.2 Å². The fourth-order valence-electron chi connectivity index (χ4n) is 2.11. The maximum Gasteiger partial charge on any atom is 0.236 e. The number of amides is 1. The molecule has 7 heteroatoms. The topological polar surface area (TPSA) is 42.0 Å². The lowest BCUT2D eigenvalue weighted by molar-refractivity contribution is -0.113. The van der Waals surface area contributed by atoms with E-state index in [9.17, 15) is 4.79 Å². The lowest BCUT2D eigenvalue weighted by Gasteiger charge is -2.02. The maximum absolute atomic E-state index is 12.1. The zero-order chi connectivity index (χ0) is 17.6. The van der Waals surface area contributed by atoms with Crippen LogP contribution in [0.2, 0.25) is 10.0 Å². The van der Waals surface area contributed by atoms with Gasteiger partial charge in [0.25, 0.3) is 0 Å². The first kappa shape index (κ1) is 18.3. The summed E-state index contributed by atoms with van der Waals surface area (Å²) >= 11 is 14.9. The number of hydrogen-bond acceptors (Lipinski definition) is 4. The molecule has 0 radical (unpaired) electrons. The number of hydrogen-bond donors (Lipinski definition) is 1. The lowest BCUT2D eigenvalue weighted by Crippen LogP contribution is -2.13. The molecular weight excluding hydrogens is 395 g/mol. The number of halogens is 2. The molecule has 2 aromatic carbocycles. The Labute approximate surface area is 164 Å². The third-order valence-corrected chi connectivity index (χ3v) is 5.85. The van der Waals surface area contributed by atoms with E-state index in [-0.39, 0.29) is 5.91 Å². The van der Waals surface area contributed by atoms with Gasteiger partial charge in [0.15, 0.2) is 5.13 Å². The van der Waals surface area contributed by atoms with Crippen molar-refractivity contribution in [3.05, 3.63) is 75.2 Å². The molecule has 1 aromatic heterocycles. The Balaban J connectivity index is 1.53. The van der Waals surface area contributed by atoms with Gasteiger partial charge in [-0.3, -0.25) is 4.79 Å². The standard InChI is InChI=1S/C18H14Cl2N2OS2/c19-13-5-7-14(8-6-13)24-11-17(23)22-18-21-10-15(25-18)9-12-3-1-2-4-16(12)20/h1-8,10H,9,11H2,(H,21,22,23). The number of thioether (sulfide) groups is 1. The van der Waals surface area contributed by atoms with E-state index in [0.29, 0.717) is 22.3 Å². The van der Waals surface area contributed by atoms with Crippen LogP contribution in [-0.2, 0) is 11.2 Å². The van der Waals surface area contributed by atoms with Crippen LogP contribution in [0, 0.1) is 0 Å². The maximum atomic E-state index is 12.1. The van der Waals surface area contributed by atoms with E-state index in [2.05, 4.69) is 10.3 Å². The number of carbonyl (C=O) groups is 1. The Kier molecular flexibility index (Phi) is 6.37. The molecule has 128 valence electrons. The van der Waals surface area contributed by atoms with Crippen molar-refractivity contribution in [2.24, 2.45) is 0 Å². The normalized spacial score (nSPS) is 10.6. The largest absolute Gasteiger partial charge is 0.301 e. The summed E-state index contributed by atoms with van der Waals surface area (Å²) < 4.78 is 0. The smallest absolute Gasteiger partial charge is 0.236 e. The minimum Gasteiger partial charge on any atom is -0.301 e. The van der Waals surface area contributed by atoms with Crippen molar-refractivity contribution in [2.45, 2.75) is 11.3 Å². The molecular formula is C18H14Cl2N2OS2. The van der Waals surface area contributed by atoms with Gasteiger partial charge in [0.2, 0.25) is 5.91 Å². The Bertz CT molecular complexity index is 866. The number of aromatic nitrogens is 1. The van der Waals surface area contributed by atoms with E-state index in [1.165, 1.54) is 23.1 Å². The number of carbonyl (C=O) groups excluding carboxylic acids is 1. The molecule has 25 heavy (non-hydrogen) atoms. The van der Waals surface area contributed by atoms with Gasteiger partial charge in [-0.05, 0) is 35.9 Å². The van der Waals surface area contributed by atoms with E-state index in [0.717, 1.165) is 20.4 Å². The second kappa shape index (κ2) is 8.72. The molecule has 1 amide bonds. The number of rotatable bonds is 6. The highest BCUT2D eigenvalue weighted by Crippen LogP contribution is 2.25. The molecule has 1 N–H and O–H groups in total. The molecule has 3 rings (SSSR count). The lowest BCUT2D eigenvalue weighted by atomic mass is 10.1. The molecule has 0 aliphatic carbocycles. The zero-order valence-corrected chi connectivity index (χ0v) is 16.2. The summed E-state index contributed by atoms with van der Waals surface area (Å²) in [7, 11) is 0. The second-order valence-corrected chi connectivity index (χ2v) is 8.20. The van der Waals surface area contributed by atoms with Crippen LogP contribution in [0.25, 0.3) is 0 Å². The Hall–Kier alpha value is -1.53. The van der Waals surface area contributed by atoms with E-state index < -0.39 is 0 Å². The molecule has 0 saturated carbocycles. The monoisotopic (exact) mass is 408 g/mol. The van der Waals surface area contributed by atoms with Gasteiger partial charge in [0, 0.05) is 32.4 Å². The Morgan fingerprint density at radius 2 is 1.88 bits per heavy atom. The molecule has 0 spiro atoms. The van der Waals surface area contributed by atoms with Crippen molar-refractivity contribution in [3.8, 4) is 0 Å². The molecule has 3 aromatic rings. The minimum absolute atomic E-state index is 0.0846. The minimum atomic E-state index is -0.0846. The van der Waals surface area contributed by atoms with Crippen molar-refractivity contribution in [3.63, 3.8) is 0 Å². The van der Waals surface area contributed by atoms with Gasteiger partial charge >= 0.3 is 0 Å². The summed E-state index contributed by atoms with van der Waals surface area (Å²) in [4.78, 5) is 18.4. The summed E-state index contributed by atoms with van der Waals surface area (Å²) in [5, 5.41) is 4.85. The highest BCUT2D eigenvalue weighted by Gasteiger charge is 2.09. The Morgan fingerprint density at radius 3 is 2.64 bits per heavy atom. The van der Waals surface area contributed by atoms with Gasteiger partial charge in [0.05, 0.1) is 5.75 Å². The highest BCUT2D eigenvalue weighted by molar-refractivity contribution is 8.00. The quantitative estimate of drug-likeness (QED) is 0.526. The van der Waals surface area contributed by atoms with Gasteiger partial charge in [-0.25, -0.2) is 4.98 Å². The molecule has 0 aliphatic rings. The predicted octanol–water partition coefficient (Wildman–Crippen LogP) is 5.77. The van der Waals surface area contributed by atoms with Crippen LogP contribution in [0.5, 0.6) is 0 Å². The molecule has 0 saturated heterocycles. The number of benzene rings is 2. The summed E-state index contributed by atoms with van der Waals surface area (Å²) in [6.45, 7) is 0. The number of anilines is 1. The average Bonchev–Trinajstić information content (AvgIpc) is 3.03. The second-order valence-electron chi connectivity index (χ2n) is 5.19. The summed E-state index contributed by atoms with van der Waals surface area (Å²) in [5.41, 5.74) is 1.05. The van der Waals surface area contributed by atoms with Crippen LogP contribution >= 0.6 is 46.3 Å².